The summed E-state index contributed by atoms with van der Waals surface area (Å²) in [4.78, 5) is 9.46. The predicted molar refractivity (Wildman–Crippen MR) is 43.6 cm³/mol. The summed E-state index contributed by atoms with van der Waals surface area (Å²) in [6.45, 7) is -0.344. The number of nitrogens with zero attached hydrogens (tertiary/aromatic N) is 1. The SMILES string of the molecule is O=[N+]([O-])CNc1cccc(O)c1. The number of phenols is 1. The van der Waals surface area contributed by atoms with Crippen LogP contribution in [0.2, 0.25) is 0 Å². The van der Waals surface area contributed by atoms with Crippen molar-refractivity contribution in [2.75, 3.05) is 12.0 Å². The molecule has 0 heterocycles. The van der Waals surface area contributed by atoms with Gasteiger partial charge < -0.3 is 10.4 Å². The van der Waals surface area contributed by atoms with Crippen molar-refractivity contribution < 1.29 is 10.0 Å². The number of anilines is 1. The second-order valence-corrected chi connectivity index (χ2v) is 2.22. The molecule has 0 bridgehead atoms. The molecular formula is C7H8N2O3. The molecule has 0 aliphatic carbocycles. The summed E-state index contributed by atoms with van der Waals surface area (Å²) in [6, 6.07) is 6.17. The summed E-state index contributed by atoms with van der Waals surface area (Å²) in [5.41, 5.74) is 0.534. The number of hydrogen-bond donors (Lipinski definition) is 2. The Labute approximate surface area is 68.8 Å². The van der Waals surface area contributed by atoms with Crippen molar-refractivity contribution in [3.05, 3.63) is 34.4 Å². The van der Waals surface area contributed by atoms with Crippen LogP contribution in [-0.2, 0) is 0 Å². The van der Waals surface area contributed by atoms with E-state index in [0.717, 1.165) is 0 Å². The second kappa shape index (κ2) is 3.56. The minimum Gasteiger partial charge on any atom is -0.508 e. The van der Waals surface area contributed by atoms with Crippen LogP contribution in [0.1, 0.15) is 0 Å². The molecule has 0 saturated heterocycles. The van der Waals surface area contributed by atoms with Gasteiger partial charge in [-0.15, -0.1) is 0 Å². The van der Waals surface area contributed by atoms with Crippen LogP contribution in [-0.4, -0.2) is 16.7 Å². The van der Waals surface area contributed by atoms with Gasteiger partial charge in [0.2, 0.25) is 0 Å². The van der Waals surface area contributed by atoms with E-state index in [-0.39, 0.29) is 12.4 Å². The second-order valence-electron chi connectivity index (χ2n) is 2.22. The van der Waals surface area contributed by atoms with E-state index < -0.39 is 4.92 Å². The van der Waals surface area contributed by atoms with E-state index in [2.05, 4.69) is 5.32 Å². The fraction of sp³-hybridized carbons (Fsp3) is 0.143. The molecule has 0 radical (unpaired) electrons. The molecule has 0 spiro atoms. The molecule has 5 heteroatoms. The van der Waals surface area contributed by atoms with Gasteiger partial charge in [0.1, 0.15) is 5.75 Å². The standard InChI is InChI=1S/C7H8N2O3/c10-7-3-1-2-6(4-7)8-5-9(11)12/h1-4,8,10H,5H2. The minimum atomic E-state index is -0.482. The Morgan fingerprint density at radius 2 is 2.33 bits per heavy atom. The number of nitrogens with one attached hydrogen (secondary N) is 1. The normalized spacial score (nSPS) is 9.33. The van der Waals surface area contributed by atoms with E-state index >= 15 is 0 Å². The third-order valence-corrected chi connectivity index (χ3v) is 1.26. The highest BCUT2D eigenvalue weighted by Crippen LogP contribution is 2.14. The van der Waals surface area contributed by atoms with Gasteiger partial charge in [-0.1, -0.05) is 6.07 Å². The van der Waals surface area contributed by atoms with Crippen LogP contribution in [0.5, 0.6) is 5.75 Å². The van der Waals surface area contributed by atoms with Crippen LogP contribution in [0, 0.1) is 10.1 Å². The van der Waals surface area contributed by atoms with Crippen LogP contribution in [0.25, 0.3) is 0 Å². The molecule has 0 aromatic heterocycles. The summed E-state index contributed by atoms with van der Waals surface area (Å²) in [7, 11) is 0. The lowest BCUT2D eigenvalue weighted by Gasteiger charge is -2.00. The number of aromatic hydroxyl groups is 1. The van der Waals surface area contributed by atoms with Crippen LogP contribution >= 0.6 is 0 Å². The van der Waals surface area contributed by atoms with Crippen molar-refractivity contribution in [2.24, 2.45) is 0 Å². The fourth-order valence-corrected chi connectivity index (χ4v) is 0.772. The number of nitro groups is 1. The van der Waals surface area contributed by atoms with Gasteiger partial charge in [-0.3, -0.25) is 10.1 Å². The predicted octanol–water partition coefficient (Wildman–Crippen LogP) is 1.04. The summed E-state index contributed by atoms with van der Waals surface area (Å²) in [5, 5.41) is 21.4. The molecule has 2 N–H and O–H groups in total. The first-order chi connectivity index (χ1) is 5.68. The molecule has 1 aromatic carbocycles. The molecule has 0 aliphatic heterocycles. The van der Waals surface area contributed by atoms with Crippen LogP contribution in [0.4, 0.5) is 5.69 Å². The molecule has 0 atom stereocenters. The maximum absolute atomic E-state index is 9.94. The van der Waals surface area contributed by atoms with E-state index in [1.54, 1.807) is 12.1 Å². The molecule has 1 aromatic rings. The van der Waals surface area contributed by atoms with Gasteiger partial charge in [0.05, 0.1) is 0 Å². The Balaban J connectivity index is 2.57. The summed E-state index contributed by atoms with van der Waals surface area (Å²) in [6.07, 6.45) is 0. The number of rotatable bonds is 3. The van der Waals surface area contributed by atoms with Crippen molar-refractivity contribution in [1.29, 1.82) is 0 Å². The van der Waals surface area contributed by atoms with Crippen molar-refractivity contribution in [1.82, 2.24) is 0 Å². The van der Waals surface area contributed by atoms with Crippen molar-refractivity contribution >= 4 is 5.69 Å². The molecule has 12 heavy (non-hydrogen) atoms. The van der Waals surface area contributed by atoms with E-state index in [1.165, 1.54) is 12.1 Å². The molecule has 0 fully saturated rings. The smallest absolute Gasteiger partial charge is 0.275 e. The van der Waals surface area contributed by atoms with E-state index in [9.17, 15) is 10.1 Å². The number of benzene rings is 1. The Bertz CT molecular complexity index is 288. The highest BCUT2D eigenvalue weighted by molar-refractivity contribution is 5.47. The largest absolute Gasteiger partial charge is 0.508 e. The van der Waals surface area contributed by atoms with Crippen LogP contribution in [0.3, 0.4) is 0 Å². The van der Waals surface area contributed by atoms with E-state index in [1.807, 2.05) is 0 Å². The minimum absolute atomic E-state index is 0.0864. The van der Waals surface area contributed by atoms with Gasteiger partial charge in [0.25, 0.3) is 6.67 Å². The van der Waals surface area contributed by atoms with E-state index in [4.69, 9.17) is 5.11 Å². The van der Waals surface area contributed by atoms with Gasteiger partial charge in [-0.25, -0.2) is 0 Å². The molecule has 5 nitrogen and oxygen atoms in total. The van der Waals surface area contributed by atoms with Crippen LogP contribution < -0.4 is 5.32 Å². The molecule has 0 amide bonds. The highest BCUT2D eigenvalue weighted by Gasteiger charge is 1.96. The lowest BCUT2D eigenvalue weighted by Crippen LogP contribution is -2.10. The van der Waals surface area contributed by atoms with Gasteiger partial charge in [0.15, 0.2) is 0 Å². The monoisotopic (exact) mass is 168 g/mol. The third-order valence-electron chi connectivity index (χ3n) is 1.26. The summed E-state index contributed by atoms with van der Waals surface area (Å²) < 4.78 is 0. The zero-order valence-electron chi connectivity index (χ0n) is 6.23. The Morgan fingerprint density at radius 1 is 1.58 bits per heavy atom. The van der Waals surface area contributed by atoms with Crippen molar-refractivity contribution in [3.63, 3.8) is 0 Å². The third kappa shape index (κ3) is 2.45. The Hall–Kier alpha value is -1.78. The Kier molecular flexibility index (Phi) is 2.47. The molecule has 64 valence electrons. The van der Waals surface area contributed by atoms with Crippen molar-refractivity contribution in [2.45, 2.75) is 0 Å². The quantitative estimate of drug-likeness (QED) is 0.401. The maximum Gasteiger partial charge on any atom is 0.275 e. The molecule has 1 rings (SSSR count). The maximum atomic E-state index is 9.94. The lowest BCUT2D eigenvalue weighted by molar-refractivity contribution is -0.473. The fourth-order valence-electron chi connectivity index (χ4n) is 0.772. The summed E-state index contributed by atoms with van der Waals surface area (Å²) >= 11 is 0. The zero-order chi connectivity index (χ0) is 8.97. The lowest BCUT2D eigenvalue weighted by atomic mass is 10.3. The summed E-state index contributed by atoms with van der Waals surface area (Å²) in [5.74, 6) is 0.0864. The van der Waals surface area contributed by atoms with Gasteiger partial charge in [-0.2, -0.15) is 0 Å². The number of phenolic OH excluding ortho intramolecular Hbond substituents is 1. The first kappa shape index (κ1) is 8.32. The first-order valence-electron chi connectivity index (χ1n) is 3.33. The van der Waals surface area contributed by atoms with Crippen LogP contribution in [0.15, 0.2) is 24.3 Å². The average Bonchev–Trinajstić information content (AvgIpc) is 2.01. The average molecular weight is 168 g/mol. The first-order valence-corrected chi connectivity index (χ1v) is 3.33. The number of hydrogen-bond acceptors (Lipinski definition) is 4. The van der Waals surface area contributed by atoms with Gasteiger partial charge >= 0.3 is 0 Å². The molecular weight excluding hydrogens is 160 g/mol. The molecule has 0 unspecified atom stereocenters. The van der Waals surface area contributed by atoms with Crippen molar-refractivity contribution in [3.8, 4) is 5.75 Å². The van der Waals surface area contributed by atoms with Gasteiger partial charge in [-0.05, 0) is 12.1 Å². The highest BCUT2D eigenvalue weighted by atomic mass is 16.6. The Morgan fingerprint density at radius 3 is 2.92 bits per heavy atom. The molecule has 0 aliphatic rings. The van der Waals surface area contributed by atoms with E-state index in [0.29, 0.717) is 5.69 Å². The van der Waals surface area contributed by atoms with Gasteiger partial charge in [0, 0.05) is 16.7 Å². The zero-order valence-corrected chi connectivity index (χ0v) is 6.23. The molecule has 0 saturated carbocycles. The topological polar surface area (TPSA) is 75.4 Å².